The molecule has 1 aromatic heterocycles. The Bertz CT molecular complexity index is 911. The topological polar surface area (TPSA) is 54.0 Å². The van der Waals surface area contributed by atoms with Gasteiger partial charge in [0.05, 0.1) is 23.3 Å². The van der Waals surface area contributed by atoms with E-state index in [4.69, 9.17) is 11.6 Å². The summed E-state index contributed by atoms with van der Waals surface area (Å²) >= 11 is 5.76. The SMILES string of the molecule is Cc1ccc(CC(=O)Nc2ccc(Nc3ccc(F)c(Cl)c3)cn2)cc1. The van der Waals surface area contributed by atoms with Crippen molar-refractivity contribution in [2.45, 2.75) is 13.3 Å². The number of aryl methyl sites for hydroxylation is 1. The summed E-state index contributed by atoms with van der Waals surface area (Å²) in [5.41, 5.74) is 3.44. The van der Waals surface area contributed by atoms with E-state index in [-0.39, 0.29) is 17.4 Å². The summed E-state index contributed by atoms with van der Waals surface area (Å²) in [6.45, 7) is 2.00. The van der Waals surface area contributed by atoms with Gasteiger partial charge in [-0.25, -0.2) is 9.37 Å². The monoisotopic (exact) mass is 369 g/mol. The van der Waals surface area contributed by atoms with Crippen LogP contribution in [0.5, 0.6) is 0 Å². The molecular formula is C20H17ClFN3O. The smallest absolute Gasteiger partial charge is 0.229 e. The van der Waals surface area contributed by atoms with E-state index in [9.17, 15) is 9.18 Å². The largest absolute Gasteiger partial charge is 0.354 e. The average molecular weight is 370 g/mol. The van der Waals surface area contributed by atoms with Gasteiger partial charge in [-0.05, 0) is 42.8 Å². The summed E-state index contributed by atoms with van der Waals surface area (Å²) in [6, 6.07) is 15.6. The van der Waals surface area contributed by atoms with Crippen molar-refractivity contribution in [3.63, 3.8) is 0 Å². The van der Waals surface area contributed by atoms with Crippen LogP contribution >= 0.6 is 11.6 Å². The molecule has 6 heteroatoms. The highest BCUT2D eigenvalue weighted by Crippen LogP contribution is 2.22. The molecule has 26 heavy (non-hydrogen) atoms. The maximum absolute atomic E-state index is 13.2. The lowest BCUT2D eigenvalue weighted by Gasteiger charge is -2.09. The molecule has 0 radical (unpaired) electrons. The standard InChI is InChI=1S/C20H17ClFN3O/c1-13-2-4-14(5-3-13)10-20(26)25-19-9-7-16(12-23-19)24-15-6-8-18(22)17(21)11-15/h2-9,11-12,24H,10H2,1H3,(H,23,25,26). The maximum Gasteiger partial charge on any atom is 0.229 e. The molecule has 132 valence electrons. The minimum absolute atomic E-state index is 0.0444. The zero-order valence-corrected chi connectivity index (χ0v) is 14.8. The lowest BCUT2D eigenvalue weighted by Crippen LogP contribution is -2.15. The molecule has 0 saturated heterocycles. The van der Waals surface area contributed by atoms with Crippen LogP contribution in [-0.4, -0.2) is 10.9 Å². The number of nitrogens with one attached hydrogen (secondary N) is 2. The second kappa shape index (κ2) is 7.97. The number of hydrogen-bond acceptors (Lipinski definition) is 3. The number of hydrogen-bond donors (Lipinski definition) is 2. The first-order chi connectivity index (χ1) is 12.5. The van der Waals surface area contributed by atoms with Gasteiger partial charge in [-0.15, -0.1) is 0 Å². The number of rotatable bonds is 5. The Morgan fingerprint density at radius 1 is 1.08 bits per heavy atom. The molecule has 1 amide bonds. The van der Waals surface area contributed by atoms with Gasteiger partial charge in [-0.3, -0.25) is 4.79 Å². The fraction of sp³-hybridized carbons (Fsp3) is 0.100. The third-order valence-corrected chi connectivity index (χ3v) is 4.01. The van der Waals surface area contributed by atoms with Gasteiger partial charge in [0, 0.05) is 5.69 Å². The van der Waals surface area contributed by atoms with E-state index in [1.165, 1.54) is 12.1 Å². The molecule has 0 saturated carbocycles. The molecule has 3 rings (SSSR count). The molecule has 0 unspecified atom stereocenters. The van der Waals surface area contributed by atoms with E-state index in [1.54, 1.807) is 24.4 Å². The Balaban J connectivity index is 1.59. The number of anilines is 3. The third kappa shape index (κ3) is 4.80. The molecule has 2 N–H and O–H groups in total. The second-order valence-electron chi connectivity index (χ2n) is 5.90. The molecule has 0 spiro atoms. The number of carbonyl (C=O) groups is 1. The van der Waals surface area contributed by atoms with Crippen LogP contribution in [0.3, 0.4) is 0 Å². The van der Waals surface area contributed by atoms with Crippen LogP contribution in [-0.2, 0) is 11.2 Å². The Kier molecular flexibility index (Phi) is 5.49. The van der Waals surface area contributed by atoms with Crippen LogP contribution in [0.15, 0.2) is 60.8 Å². The van der Waals surface area contributed by atoms with Gasteiger partial charge < -0.3 is 10.6 Å². The Labute approximate surface area is 156 Å². The molecule has 2 aromatic carbocycles. The van der Waals surface area contributed by atoms with Gasteiger partial charge in [0.25, 0.3) is 0 Å². The molecule has 0 atom stereocenters. The van der Waals surface area contributed by atoms with Crippen molar-refractivity contribution in [2.75, 3.05) is 10.6 Å². The minimum Gasteiger partial charge on any atom is -0.354 e. The number of amides is 1. The van der Waals surface area contributed by atoms with E-state index < -0.39 is 5.82 Å². The van der Waals surface area contributed by atoms with Gasteiger partial charge >= 0.3 is 0 Å². The van der Waals surface area contributed by atoms with E-state index in [1.807, 2.05) is 31.2 Å². The first-order valence-electron chi connectivity index (χ1n) is 8.03. The molecule has 0 aliphatic carbocycles. The molecule has 0 fully saturated rings. The van der Waals surface area contributed by atoms with Crippen molar-refractivity contribution in [3.05, 3.63) is 82.8 Å². The number of carbonyl (C=O) groups excluding carboxylic acids is 1. The molecule has 0 bridgehead atoms. The van der Waals surface area contributed by atoms with Crippen LogP contribution in [0.4, 0.5) is 21.6 Å². The first kappa shape index (κ1) is 17.9. The molecule has 0 aliphatic rings. The van der Waals surface area contributed by atoms with Gasteiger partial charge in [-0.1, -0.05) is 41.4 Å². The summed E-state index contributed by atoms with van der Waals surface area (Å²) in [5.74, 6) is -0.140. The Morgan fingerprint density at radius 2 is 1.81 bits per heavy atom. The lowest BCUT2D eigenvalue weighted by molar-refractivity contribution is -0.115. The van der Waals surface area contributed by atoms with Crippen molar-refractivity contribution in [3.8, 4) is 0 Å². The maximum atomic E-state index is 13.2. The highest BCUT2D eigenvalue weighted by atomic mass is 35.5. The van der Waals surface area contributed by atoms with Crippen LogP contribution in [0.1, 0.15) is 11.1 Å². The predicted molar refractivity (Wildman–Crippen MR) is 102 cm³/mol. The lowest BCUT2D eigenvalue weighted by atomic mass is 10.1. The van der Waals surface area contributed by atoms with E-state index in [2.05, 4.69) is 15.6 Å². The van der Waals surface area contributed by atoms with E-state index in [0.717, 1.165) is 11.1 Å². The highest BCUT2D eigenvalue weighted by molar-refractivity contribution is 6.31. The van der Waals surface area contributed by atoms with Crippen LogP contribution < -0.4 is 10.6 Å². The van der Waals surface area contributed by atoms with Crippen molar-refractivity contribution in [1.82, 2.24) is 4.98 Å². The van der Waals surface area contributed by atoms with Crippen molar-refractivity contribution in [1.29, 1.82) is 0 Å². The van der Waals surface area contributed by atoms with Gasteiger partial charge in [-0.2, -0.15) is 0 Å². The Morgan fingerprint density at radius 3 is 2.46 bits per heavy atom. The fourth-order valence-corrected chi connectivity index (χ4v) is 2.54. The number of benzene rings is 2. The number of halogens is 2. The third-order valence-electron chi connectivity index (χ3n) is 3.72. The van der Waals surface area contributed by atoms with Crippen molar-refractivity contribution >= 4 is 34.7 Å². The van der Waals surface area contributed by atoms with Crippen molar-refractivity contribution < 1.29 is 9.18 Å². The molecule has 0 aliphatic heterocycles. The van der Waals surface area contributed by atoms with E-state index >= 15 is 0 Å². The summed E-state index contributed by atoms with van der Waals surface area (Å²) in [4.78, 5) is 16.3. The molecule has 3 aromatic rings. The summed E-state index contributed by atoms with van der Waals surface area (Å²) in [7, 11) is 0. The zero-order valence-electron chi connectivity index (χ0n) is 14.1. The molecule has 1 heterocycles. The summed E-state index contributed by atoms with van der Waals surface area (Å²) in [6.07, 6.45) is 1.87. The zero-order chi connectivity index (χ0) is 18.5. The quantitative estimate of drug-likeness (QED) is 0.657. The minimum atomic E-state index is -0.470. The number of pyridine rings is 1. The predicted octanol–water partition coefficient (Wildman–Crippen LogP) is 5.11. The summed E-state index contributed by atoms with van der Waals surface area (Å²) in [5, 5.41) is 5.88. The number of nitrogens with zero attached hydrogens (tertiary/aromatic N) is 1. The van der Waals surface area contributed by atoms with Crippen LogP contribution in [0, 0.1) is 12.7 Å². The number of aromatic nitrogens is 1. The average Bonchev–Trinajstić information content (AvgIpc) is 2.62. The second-order valence-corrected chi connectivity index (χ2v) is 6.30. The normalized spacial score (nSPS) is 10.4. The van der Waals surface area contributed by atoms with Gasteiger partial charge in [0.1, 0.15) is 11.6 Å². The van der Waals surface area contributed by atoms with Crippen LogP contribution in [0.25, 0.3) is 0 Å². The van der Waals surface area contributed by atoms with Crippen molar-refractivity contribution in [2.24, 2.45) is 0 Å². The van der Waals surface area contributed by atoms with Gasteiger partial charge in [0.15, 0.2) is 0 Å². The van der Waals surface area contributed by atoms with Crippen LogP contribution in [0.2, 0.25) is 5.02 Å². The molecule has 4 nitrogen and oxygen atoms in total. The highest BCUT2D eigenvalue weighted by Gasteiger charge is 2.06. The van der Waals surface area contributed by atoms with Gasteiger partial charge in [0.2, 0.25) is 5.91 Å². The summed E-state index contributed by atoms with van der Waals surface area (Å²) < 4.78 is 13.2. The van der Waals surface area contributed by atoms with E-state index in [0.29, 0.717) is 17.2 Å². The Hall–Kier alpha value is -2.92. The first-order valence-corrected chi connectivity index (χ1v) is 8.41. The molecular weight excluding hydrogens is 353 g/mol. The fourth-order valence-electron chi connectivity index (χ4n) is 2.36.